The summed E-state index contributed by atoms with van der Waals surface area (Å²) in [4.78, 5) is 23.6. The monoisotopic (exact) mass is 273 g/mol. The van der Waals surface area contributed by atoms with Gasteiger partial charge >= 0.3 is 5.97 Å². The van der Waals surface area contributed by atoms with Crippen LogP contribution in [0, 0.1) is 19.8 Å². The molecule has 1 amide bonds. The molecule has 2 N–H and O–H groups in total. The molecule has 0 fully saturated rings. The first-order valence-electron chi connectivity index (χ1n) is 6.75. The van der Waals surface area contributed by atoms with Crippen LogP contribution in [0.25, 0.3) is 0 Å². The fourth-order valence-corrected chi connectivity index (χ4v) is 2.45. The zero-order valence-electron chi connectivity index (χ0n) is 11.7. The standard InChI is InChI=1S/C16H19NO3/c1-10-6-5-9-13(11(10)2)14(16(19)20)17-15(18)12-7-3-4-8-12/h3-6,9,12,14H,7-8H2,1-2H3,(H,17,18)(H,19,20)/t14-/m1/s1. The van der Waals surface area contributed by atoms with E-state index in [1.165, 1.54) is 0 Å². The Morgan fingerprint density at radius 1 is 1.25 bits per heavy atom. The number of hydrogen-bond donors (Lipinski definition) is 2. The molecule has 0 aliphatic heterocycles. The van der Waals surface area contributed by atoms with Gasteiger partial charge in [0.15, 0.2) is 6.04 Å². The van der Waals surface area contributed by atoms with Gasteiger partial charge in [0.25, 0.3) is 0 Å². The topological polar surface area (TPSA) is 66.4 Å². The lowest BCUT2D eigenvalue weighted by molar-refractivity contribution is -0.142. The van der Waals surface area contributed by atoms with Crippen LogP contribution in [0.1, 0.15) is 35.6 Å². The van der Waals surface area contributed by atoms with Gasteiger partial charge in [-0.3, -0.25) is 4.79 Å². The summed E-state index contributed by atoms with van der Waals surface area (Å²) in [6.07, 6.45) is 5.28. The van der Waals surface area contributed by atoms with E-state index in [1.54, 1.807) is 6.07 Å². The molecule has 0 saturated heterocycles. The smallest absolute Gasteiger partial charge is 0.330 e. The van der Waals surface area contributed by atoms with Crippen molar-refractivity contribution < 1.29 is 14.7 Å². The molecule has 0 saturated carbocycles. The van der Waals surface area contributed by atoms with Crippen molar-refractivity contribution in [3.63, 3.8) is 0 Å². The Bertz CT molecular complexity index is 555. The van der Waals surface area contributed by atoms with Crippen molar-refractivity contribution in [1.29, 1.82) is 0 Å². The van der Waals surface area contributed by atoms with Gasteiger partial charge in [0.1, 0.15) is 0 Å². The van der Waals surface area contributed by atoms with Crippen LogP contribution in [0.4, 0.5) is 0 Å². The van der Waals surface area contributed by atoms with E-state index in [2.05, 4.69) is 5.32 Å². The van der Waals surface area contributed by atoms with Crippen LogP contribution in [0.2, 0.25) is 0 Å². The predicted molar refractivity (Wildman–Crippen MR) is 76.3 cm³/mol. The predicted octanol–water partition coefficient (Wildman–Crippen LogP) is 2.51. The molecule has 2 rings (SSSR count). The molecule has 0 radical (unpaired) electrons. The zero-order chi connectivity index (χ0) is 14.7. The lowest BCUT2D eigenvalue weighted by atomic mass is 9.96. The number of amides is 1. The molecular weight excluding hydrogens is 254 g/mol. The fraction of sp³-hybridized carbons (Fsp3) is 0.375. The number of allylic oxidation sites excluding steroid dienone is 2. The Hall–Kier alpha value is -2.10. The minimum Gasteiger partial charge on any atom is -0.479 e. The second kappa shape index (κ2) is 5.90. The molecule has 20 heavy (non-hydrogen) atoms. The number of carbonyl (C=O) groups is 2. The van der Waals surface area contributed by atoms with Crippen molar-refractivity contribution in [2.45, 2.75) is 32.7 Å². The first kappa shape index (κ1) is 14.3. The van der Waals surface area contributed by atoms with Crippen LogP contribution in [0.15, 0.2) is 30.4 Å². The van der Waals surface area contributed by atoms with Gasteiger partial charge in [0, 0.05) is 5.92 Å². The van der Waals surface area contributed by atoms with Crippen LogP contribution >= 0.6 is 0 Å². The summed E-state index contributed by atoms with van der Waals surface area (Å²) in [7, 11) is 0. The van der Waals surface area contributed by atoms with E-state index in [-0.39, 0.29) is 11.8 Å². The Kier molecular flexibility index (Phi) is 4.23. The maximum atomic E-state index is 12.1. The number of aliphatic carboxylic acids is 1. The van der Waals surface area contributed by atoms with Gasteiger partial charge in [-0.25, -0.2) is 4.79 Å². The molecule has 1 aliphatic carbocycles. The third-order valence-corrected chi connectivity index (χ3v) is 3.87. The second-order valence-corrected chi connectivity index (χ2v) is 5.21. The van der Waals surface area contributed by atoms with Crippen LogP contribution in [-0.2, 0) is 9.59 Å². The maximum Gasteiger partial charge on any atom is 0.330 e. The molecule has 0 bridgehead atoms. The minimum atomic E-state index is -1.03. The van der Waals surface area contributed by atoms with E-state index in [0.717, 1.165) is 11.1 Å². The van der Waals surface area contributed by atoms with E-state index >= 15 is 0 Å². The first-order valence-corrected chi connectivity index (χ1v) is 6.75. The molecule has 4 nitrogen and oxygen atoms in total. The number of aryl methyl sites for hydroxylation is 1. The summed E-state index contributed by atoms with van der Waals surface area (Å²) < 4.78 is 0. The van der Waals surface area contributed by atoms with Crippen molar-refractivity contribution in [3.05, 3.63) is 47.0 Å². The van der Waals surface area contributed by atoms with E-state index in [4.69, 9.17) is 0 Å². The minimum absolute atomic E-state index is 0.137. The normalized spacial score (nSPS) is 16.1. The molecule has 0 unspecified atom stereocenters. The highest BCUT2D eigenvalue weighted by molar-refractivity contribution is 5.86. The van der Waals surface area contributed by atoms with Crippen molar-refractivity contribution in [2.24, 2.45) is 5.92 Å². The van der Waals surface area contributed by atoms with Crippen molar-refractivity contribution >= 4 is 11.9 Å². The van der Waals surface area contributed by atoms with E-state index in [9.17, 15) is 14.7 Å². The largest absolute Gasteiger partial charge is 0.479 e. The van der Waals surface area contributed by atoms with E-state index in [0.29, 0.717) is 18.4 Å². The number of rotatable bonds is 4. The first-order chi connectivity index (χ1) is 9.50. The molecule has 1 atom stereocenters. The molecule has 4 heteroatoms. The van der Waals surface area contributed by atoms with Crippen molar-refractivity contribution in [1.82, 2.24) is 5.32 Å². The number of benzene rings is 1. The summed E-state index contributed by atoms with van der Waals surface area (Å²) in [6, 6.07) is 4.52. The van der Waals surface area contributed by atoms with Gasteiger partial charge in [-0.05, 0) is 43.4 Å². The zero-order valence-corrected chi connectivity index (χ0v) is 11.7. The number of carboxylic acids is 1. The Morgan fingerprint density at radius 3 is 2.50 bits per heavy atom. The molecular formula is C16H19NO3. The lowest BCUT2D eigenvalue weighted by Gasteiger charge is -2.20. The Labute approximate surface area is 118 Å². The van der Waals surface area contributed by atoms with E-state index < -0.39 is 12.0 Å². The Balaban J connectivity index is 2.21. The van der Waals surface area contributed by atoms with Crippen molar-refractivity contribution in [3.8, 4) is 0 Å². The molecule has 1 aromatic carbocycles. The second-order valence-electron chi connectivity index (χ2n) is 5.21. The average Bonchev–Trinajstić information content (AvgIpc) is 2.93. The summed E-state index contributed by atoms with van der Waals surface area (Å²) in [5, 5.41) is 12.1. The summed E-state index contributed by atoms with van der Waals surface area (Å²) in [5.74, 6) is -1.36. The number of nitrogens with one attached hydrogen (secondary N) is 1. The quantitative estimate of drug-likeness (QED) is 0.828. The van der Waals surface area contributed by atoms with Crippen LogP contribution in [0.5, 0.6) is 0 Å². The molecule has 0 heterocycles. The van der Waals surface area contributed by atoms with Gasteiger partial charge in [-0.15, -0.1) is 0 Å². The van der Waals surface area contributed by atoms with Gasteiger partial charge in [-0.1, -0.05) is 30.4 Å². The van der Waals surface area contributed by atoms with Crippen LogP contribution in [0.3, 0.4) is 0 Å². The summed E-state index contributed by atoms with van der Waals surface area (Å²) >= 11 is 0. The molecule has 0 spiro atoms. The SMILES string of the molecule is Cc1cccc([C@@H](NC(=O)C2CC=CC2)C(=O)O)c1C. The summed E-state index contributed by atoms with van der Waals surface area (Å²) in [5.41, 5.74) is 2.58. The maximum absolute atomic E-state index is 12.1. The van der Waals surface area contributed by atoms with Crippen LogP contribution < -0.4 is 5.32 Å². The summed E-state index contributed by atoms with van der Waals surface area (Å²) in [6.45, 7) is 3.81. The van der Waals surface area contributed by atoms with Gasteiger partial charge in [0.2, 0.25) is 5.91 Å². The van der Waals surface area contributed by atoms with Crippen molar-refractivity contribution in [2.75, 3.05) is 0 Å². The van der Waals surface area contributed by atoms with Crippen LogP contribution in [-0.4, -0.2) is 17.0 Å². The third-order valence-electron chi connectivity index (χ3n) is 3.87. The molecule has 0 aromatic heterocycles. The van der Waals surface area contributed by atoms with E-state index in [1.807, 2.05) is 38.1 Å². The highest BCUT2D eigenvalue weighted by Crippen LogP contribution is 2.23. The average molecular weight is 273 g/mol. The molecule has 1 aromatic rings. The Morgan fingerprint density at radius 2 is 1.90 bits per heavy atom. The fourth-order valence-electron chi connectivity index (χ4n) is 2.45. The molecule has 1 aliphatic rings. The lowest BCUT2D eigenvalue weighted by Crippen LogP contribution is -2.37. The van der Waals surface area contributed by atoms with Gasteiger partial charge in [0.05, 0.1) is 0 Å². The van der Waals surface area contributed by atoms with Gasteiger partial charge < -0.3 is 10.4 Å². The highest BCUT2D eigenvalue weighted by atomic mass is 16.4. The number of carboxylic acid groups (broad SMARTS) is 1. The highest BCUT2D eigenvalue weighted by Gasteiger charge is 2.27. The van der Waals surface area contributed by atoms with Gasteiger partial charge in [-0.2, -0.15) is 0 Å². The third kappa shape index (κ3) is 2.90. The number of carbonyl (C=O) groups excluding carboxylic acids is 1. The number of hydrogen-bond acceptors (Lipinski definition) is 2. The molecule has 106 valence electrons.